The van der Waals surface area contributed by atoms with Crippen LogP contribution in [0.3, 0.4) is 0 Å². The summed E-state index contributed by atoms with van der Waals surface area (Å²) in [6, 6.07) is 13.9. The van der Waals surface area contributed by atoms with Gasteiger partial charge in [0.05, 0.1) is 7.11 Å². The number of aromatic nitrogens is 1. The summed E-state index contributed by atoms with van der Waals surface area (Å²) in [5, 5.41) is 10.5. The fraction of sp³-hybridized carbons (Fsp3) is 0.217. The van der Waals surface area contributed by atoms with Gasteiger partial charge >= 0.3 is 0 Å². The minimum absolute atomic E-state index is 0.210. The SMILES string of the molecule is COc1ccc(C(O)C(=O)N2CCc3cc(=O)n(-c4ccc(F)cc4)cc3C2)cc1. The van der Waals surface area contributed by atoms with Crippen molar-refractivity contribution in [3.8, 4) is 11.4 Å². The lowest BCUT2D eigenvalue weighted by molar-refractivity contribution is -0.141. The van der Waals surface area contributed by atoms with Crippen LogP contribution in [0.1, 0.15) is 22.8 Å². The Bertz CT molecular complexity index is 1120. The minimum Gasteiger partial charge on any atom is -0.497 e. The van der Waals surface area contributed by atoms with Crippen molar-refractivity contribution in [3.63, 3.8) is 0 Å². The molecule has 0 aliphatic carbocycles. The van der Waals surface area contributed by atoms with Crippen LogP contribution in [0.15, 0.2) is 65.6 Å². The molecule has 1 amide bonds. The Labute approximate surface area is 172 Å². The third-order valence-corrected chi connectivity index (χ3v) is 5.33. The number of carbonyl (C=O) groups is 1. The number of pyridine rings is 1. The number of hydrogen-bond donors (Lipinski definition) is 1. The summed E-state index contributed by atoms with van der Waals surface area (Å²) in [5.41, 5.74) is 2.52. The van der Waals surface area contributed by atoms with Crippen molar-refractivity contribution < 1.29 is 19.0 Å². The summed E-state index contributed by atoms with van der Waals surface area (Å²) in [6.07, 6.45) is 0.931. The quantitative estimate of drug-likeness (QED) is 0.720. The molecule has 1 N–H and O–H groups in total. The number of methoxy groups -OCH3 is 1. The third-order valence-electron chi connectivity index (χ3n) is 5.33. The van der Waals surface area contributed by atoms with Gasteiger partial charge in [-0.15, -0.1) is 0 Å². The van der Waals surface area contributed by atoms with Gasteiger partial charge in [-0.1, -0.05) is 12.1 Å². The summed E-state index contributed by atoms with van der Waals surface area (Å²) in [7, 11) is 1.55. The zero-order valence-electron chi connectivity index (χ0n) is 16.4. The minimum atomic E-state index is -1.28. The van der Waals surface area contributed by atoms with E-state index in [0.717, 1.165) is 11.1 Å². The molecule has 1 atom stereocenters. The zero-order valence-corrected chi connectivity index (χ0v) is 16.4. The molecule has 30 heavy (non-hydrogen) atoms. The van der Waals surface area contributed by atoms with E-state index in [-0.39, 0.29) is 17.9 Å². The van der Waals surface area contributed by atoms with Gasteiger partial charge in [-0.3, -0.25) is 14.2 Å². The fourth-order valence-electron chi connectivity index (χ4n) is 3.62. The molecule has 3 aromatic rings. The highest BCUT2D eigenvalue weighted by Crippen LogP contribution is 2.24. The van der Waals surface area contributed by atoms with Crippen molar-refractivity contribution in [3.05, 3.63) is 93.7 Å². The van der Waals surface area contributed by atoms with Gasteiger partial charge in [-0.05, 0) is 59.5 Å². The van der Waals surface area contributed by atoms with Crippen LogP contribution < -0.4 is 10.3 Å². The van der Waals surface area contributed by atoms with E-state index in [2.05, 4.69) is 0 Å². The largest absolute Gasteiger partial charge is 0.497 e. The number of ether oxygens (including phenoxy) is 1. The van der Waals surface area contributed by atoms with Gasteiger partial charge in [0.15, 0.2) is 6.10 Å². The molecule has 0 saturated heterocycles. The topological polar surface area (TPSA) is 71.8 Å². The number of halogens is 1. The Morgan fingerprint density at radius 2 is 1.80 bits per heavy atom. The average Bonchev–Trinajstić information content (AvgIpc) is 2.78. The molecule has 0 spiro atoms. The van der Waals surface area contributed by atoms with Gasteiger partial charge in [0, 0.05) is 31.0 Å². The highest BCUT2D eigenvalue weighted by molar-refractivity contribution is 5.82. The first-order valence-corrected chi connectivity index (χ1v) is 9.57. The lowest BCUT2D eigenvalue weighted by Gasteiger charge is -2.31. The molecular weight excluding hydrogens is 387 g/mol. The highest BCUT2D eigenvalue weighted by Gasteiger charge is 2.27. The molecule has 1 aromatic heterocycles. The van der Waals surface area contributed by atoms with Crippen molar-refractivity contribution in [1.82, 2.24) is 9.47 Å². The van der Waals surface area contributed by atoms with E-state index in [4.69, 9.17) is 4.74 Å². The Balaban J connectivity index is 1.57. The van der Waals surface area contributed by atoms with Crippen molar-refractivity contribution in [1.29, 1.82) is 0 Å². The molecule has 0 saturated carbocycles. The maximum Gasteiger partial charge on any atom is 0.256 e. The molecule has 0 radical (unpaired) electrons. The van der Waals surface area contributed by atoms with E-state index >= 15 is 0 Å². The second-order valence-corrected chi connectivity index (χ2v) is 7.19. The lowest BCUT2D eigenvalue weighted by atomic mass is 10.00. The molecule has 154 valence electrons. The van der Waals surface area contributed by atoms with E-state index in [1.807, 2.05) is 0 Å². The lowest BCUT2D eigenvalue weighted by Crippen LogP contribution is -2.40. The van der Waals surface area contributed by atoms with Crippen molar-refractivity contribution >= 4 is 5.91 Å². The van der Waals surface area contributed by atoms with E-state index in [0.29, 0.717) is 30.0 Å². The van der Waals surface area contributed by atoms with Crippen LogP contribution in [0, 0.1) is 5.82 Å². The third kappa shape index (κ3) is 3.84. The van der Waals surface area contributed by atoms with E-state index in [1.165, 1.54) is 28.8 Å². The standard InChI is InChI=1S/C23H21FN2O4/c1-30-20-8-2-15(3-9-20)22(28)23(29)25-11-10-16-12-21(27)26(14-17(16)13-25)19-6-4-18(24)5-7-19/h2-9,12,14,22,28H,10-11,13H2,1H3. The van der Waals surface area contributed by atoms with E-state index in [9.17, 15) is 19.1 Å². The van der Waals surface area contributed by atoms with Crippen LogP contribution in [0.4, 0.5) is 4.39 Å². The zero-order chi connectivity index (χ0) is 21.3. The second kappa shape index (κ2) is 8.12. The van der Waals surface area contributed by atoms with Gasteiger partial charge in [-0.2, -0.15) is 0 Å². The van der Waals surface area contributed by atoms with Crippen LogP contribution in [0.25, 0.3) is 5.69 Å². The average molecular weight is 408 g/mol. The fourth-order valence-corrected chi connectivity index (χ4v) is 3.62. The number of aliphatic hydroxyl groups is 1. The summed E-state index contributed by atoms with van der Waals surface area (Å²) < 4.78 is 19.8. The Morgan fingerprint density at radius 3 is 2.47 bits per heavy atom. The number of nitrogens with zero attached hydrogens (tertiary/aromatic N) is 2. The second-order valence-electron chi connectivity index (χ2n) is 7.19. The number of carbonyl (C=O) groups excluding carboxylic acids is 1. The van der Waals surface area contributed by atoms with Gasteiger partial charge in [0.2, 0.25) is 0 Å². The predicted octanol–water partition coefficient (Wildman–Crippen LogP) is 2.60. The van der Waals surface area contributed by atoms with Gasteiger partial charge in [-0.25, -0.2) is 4.39 Å². The first kappa shape index (κ1) is 19.8. The first-order valence-electron chi connectivity index (χ1n) is 9.57. The number of amides is 1. The number of rotatable bonds is 4. The molecule has 4 rings (SSSR count). The molecule has 1 aliphatic heterocycles. The van der Waals surface area contributed by atoms with Gasteiger partial charge in [0.1, 0.15) is 11.6 Å². The van der Waals surface area contributed by atoms with Crippen LogP contribution in [0.5, 0.6) is 5.75 Å². The number of hydrogen-bond acceptors (Lipinski definition) is 4. The molecule has 0 fully saturated rings. The number of benzene rings is 2. The Kier molecular flexibility index (Phi) is 5.37. The molecule has 7 heteroatoms. The first-order chi connectivity index (χ1) is 14.5. The molecule has 2 heterocycles. The smallest absolute Gasteiger partial charge is 0.256 e. The van der Waals surface area contributed by atoms with Crippen molar-refractivity contribution in [2.24, 2.45) is 0 Å². The van der Waals surface area contributed by atoms with Crippen LogP contribution in [-0.4, -0.2) is 34.1 Å². The van der Waals surface area contributed by atoms with Crippen LogP contribution in [-0.2, 0) is 17.8 Å². The number of aliphatic hydroxyl groups excluding tert-OH is 1. The van der Waals surface area contributed by atoms with Crippen molar-refractivity contribution in [2.75, 3.05) is 13.7 Å². The molecule has 0 bridgehead atoms. The Morgan fingerprint density at radius 1 is 1.10 bits per heavy atom. The maximum atomic E-state index is 13.2. The van der Waals surface area contributed by atoms with E-state index < -0.39 is 12.0 Å². The normalized spacial score (nSPS) is 14.2. The van der Waals surface area contributed by atoms with Gasteiger partial charge in [0.25, 0.3) is 11.5 Å². The molecule has 1 aliphatic rings. The van der Waals surface area contributed by atoms with Crippen LogP contribution >= 0.6 is 0 Å². The highest BCUT2D eigenvalue weighted by atomic mass is 19.1. The molecule has 6 nitrogen and oxygen atoms in total. The monoisotopic (exact) mass is 408 g/mol. The summed E-state index contributed by atoms with van der Waals surface area (Å²) in [6.45, 7) is 0.696. The molecule has 2 aromatic carbocycles. The predicted molar refractivity (Wildman–Crippen MR) is 109 cm³/mol. The summed E-state index contributed by atoms with van der Waals surface area (Å²) in [4.78, 5) is 26.9. The van der Waals surface area contributed by atoms with Crippen molar-refractivity contribution in [2.45, 2.75) is 19.1 Å². The van der Waals surface area contributed by atoms with Crippen LogP contribution in [0.2, 0.25) is 0 Å². The maximum absolute atomic E-state index is 13.2. The number of fused-ring (bicyclic) bond motifs is 1. The summed E-state index contributed by atoms with van der Waals surface area (Å²) in [5.74, 6) is -0.136. The molecule has 1 unspecified atom stereocenters. The molecular formula is C23H21FN2O4. The van der Waals surface area contributed by atoms with E-state index in [1.54, 1.807) is 48.5 Å². The van der Waals surface area contributed by atoms with Gasteiger partial charge < -0.3 is 14.7 Å². The summed E-state index contributed by atoms with van der Waals surface area (Å²) >= 11 is 0. The Hall–Kier alpha value is -3.45.